The van der Waals surface area contributed by atoms with Gasteiger partial charge in [-0.05, 0) is 48.9 Å². The van der Waals surface area contributed by atoms with Crippen molar-refractivity contribution in [3.63, 3.8) is 0 Å². The Morgan fingerprint density at radius 2 is 0.683 bits per heavy atom. The SMILES string of the molecule is CCOCC.CCOCC.S=P(c1ccccc1)(c1ccccc1)[C-](Cl)P(=S)(c1ccccc1)c1ccccc1.[Li+]. The summed E-state index contributed by atoms with van der Waals surface area (Å²) in [6.07, 6.45) is 0. The second-order valence-electron chi connectivity index (χ2n) is 8.39. The average molecular weight is 637 g/mol. The number of ether oxygens (including phenoxy) is 2. The van der Waals surface area contributed by atoms with E-state index in [0.717, 1.165) is 52.5 Å². The van der Waals surface area contributed by atoms with Gasteiger partial charge in [0.2, 0.25) is 0 Å². The first-order valence-corrected chi connectivity index (χ1v) is 19.5. The fourth-order valence-corrected chi connectivity index (χ4v) is 16.0. The van der Waals surface area contributed by atoms with Gasteiger partial charge in [0.1, 0.15) is 0 Å². The molecule has 0 saturated carbocycles. The molecule has 0 aliphatic heterocycles. The number of hydrogen-bond donors (Lipinski definition) is 0. The molecule has 41 heavy (non-hydrogen) atoms. The first kappa shape index (κ1) is 38.0. The van der Waals surface area contributed by atoms with E-state index in [2.05, 4.69) is 48.5 Å². The van der Waals surface area contributed by atoms with Crippen molar-refractivity contribution in [2.45, 2.75) is 27.7 Å². The van der Waals surface area contributed by atoms with Gasteiger partial charge >= 0.3 is 18.9 Å². The van der Waals surface area contributed by atoms with Crippen molar-refractivity contribution in [3.05, 3.63) is 126 Å². The van der Waals surface area contributed by atoms with Gasteiger partial charge in [0.25, 0.3) is 0 Å². The van der Waals surface area contributed by atoms with Crippen LogP contribution >= 0.6 is 23.7 Å². The zero-order valence-corrected chi connectivity index (χ0v) is 29.0. The third kappa shape index (κ3) is 10.6. The molecule has 0 unspecified atom stereocenters. The van der Waals surface area contributed by atoms with Gasteiger partial charge in [-0.3, -0.25) is 0 Å². The molecule has 0 aliphatic carbocycles. The minimum absolute atomic E-state index is 0. The van der Waals surface area contributed by atoms with Crippen LogP contribution in [0.2, 0.25) is 0 Å². The molecule has 0 aromatic heterocycles. The molecule has 2 nitrogen and oxygen atoms in total. The number of hydrogen-bond acceptors (Lipinski definition) is 4. The average Bonchev–Trinajstić information content (AvgIpc) is 3.03. The van der Waals surface area contributed by atoms with Crippen molar-refractivity contribution in [3.8, 4) is 0 Å². The Hall–Kier alpha value is -1.01. The maximum absolute atomic E-state index is 7.44. The minimum Gasteiger partial charge on any atom is -0.382 e. The fraction of sp³-hybridized carbons (Fsp3) is 0.242. The van der Waals surface area contributed by atoms with E-state index in [1.807, 2.05) is 100 Å². The largest absolute Gasteiger partial charge is 1.00 e. The van der Waals surface area contributed by atoms with E-state index in [0.29, 0.717) is 0 Å². The van der Waals surface area contributed by atoms with E-state index in [1.165, 1.54) is 0 Å². The Bertz CT molecular complexity index is 1120. The third-order valence-electron chi connectivity index (χ3n) is 5.82. The molecule has 0 fully saturated rings. The maximum Gasteiger partial charge on any atom is 1.00 e. The summed E-state index contributed by atoms with van der Waals surface area (Å²) >= 11 is 20.5. The summed E-state index contributed by atoms with van der Waals surface area (Å²) in [5.41, 5.74) is 0. The zero-order valence-electron chi connectivity index (χ0n) is 24.8. The van der Waals surface area contributed by atoms with Crippen molar-refractivity contribution in [2.75, 3.05) is 26.4 Å². The monoisotopic (exact) mass is 636 g/mol. The van der Waals surface area contributed by atoms with Gasteiger partial charge in [-0.2, -0.15) is 0 Å². The summed E-state index contributed by atoms with van der Waals surface area (Å²) in [5.74, 6) is 0. The van der Waals surface area contributed by atoms with Crippen LogP contribution in [-0.2, 0) is 33.1 Å². The quantitative estimate of drug-likeness (QED) is 0.138. The molecular formula is C33H40ClLiO2P2S2. The maximum atomic E-state index is 7.44. The second kappa shape index (κ2) is 20.8. The molecule has 0 saturated heterocycles. The fourth-order valence-electron chi connectivity index (χ4n) is 3.88. The summed E-state index contributed by atoms with van der Waals surface area (Å²) in [7, 11) is 0. The molecule has 0 amide bonds. The molecule has 0 aliphatic rings. The summed E-state index contributed by atoms with van der Waals surface area (Å²) in [4.78, 5) is 0.731. The van der Waals surface area contributed by atoms with Crippen LogP contribution in [-0.4, -0.2) is 26.4 Å². The van der Waals surface area contributed by atoms with Crippen molar-refractivity contribution >= 4 is 68.5 Å². The topological polar surface area (TPSA) is 18.5 Å². The molecule has 0 heterocycles. The Morgan fingerprint density at radius 1 is 0.488 bits per heavy atom. The molecule has 4 aromatic rings. The van der Waals surface area contributed by atoms with E-state index in [4.69, 9.17) is 44.7 Å². The van der Waals surface area contributed by atoms with Crippen LogP contribution in [0.5, 0.6) is 0 Å². The Morgan fingerprint density at radius 3 is 0.829 bits per heavy atom. The van der Waals surface area contributed by atoms with Gasteiger partial charge in [0.05, 0.1) is 0 Å². The van der Waals surface area contributed by atoms with E-state index in [9.17, 15) is 0 Å². The van der Waals surface area contributed by atoms with Gasteiger partial charge in [0, 0.05) is 26.4 Å². The normalized spacial score (nSPS) is 10.9. The van der Waals surface area contributed by atoms with Crippen LogP contribution in [0.1, 0.15) is 27.7 Å². The molecule has 0 bridgehead atoms. The standard InChI is InChI=1S/C25H20ClP2S2.2C4H10O.Li/c26-25(27(29,21-13-5-1-6-14-21)22-15-7-2-8-16-22)28(30,23-17-9-3-10-18-23)24-19-11-4-12-20-24;2*1-3-5-4-2;/h1-20H;2*3-4H2,1-2H3;/q-1;;;+1. The van der Waals surface area contributed by atoms with E-state index >= 15 is 0 Å². The number of rotatable bonds is 10. The van der Waals surface area contributed by atoms with Crippen LogP contribution in [0.15, 0.2) is 121 Å². The van der Waals surface area contributed by atoms with E-state index in [1.54, 1.807) is 0 Å². The van der Waals surface area contributed by atoms with Crippen LogP contribution in [0.25, 0.3) is 0 Å². The van der Waals surface area contributed by atoms with Gasteiger partial charge < -0.3 is 21.1 Å². The van der Waals surface area contributed by atoms with Gasteiger partial charge in [0.15, 0.2) is 0 Å². The second-order valence-corrected chi connectivity index (χ2v) is 18.3. The van der Waals surface area contributed by atoms with Gasteiger partial charge in [-0.15, -0.1) is 40.5 Å². The Labute approximate surface area is 275 Å². The van der Waals surface area contributed by atoms with Gasteiger partial charge in [-0.1, -0.05) is 121 Å². The summed E-state index contributed by atoms with van der Waals surface area (Å²) < 4.78 is 9.67. The molecule has 4 rings (SSSR count). The molecule has 0 atom stereocenters. The molecule has 8 heteroatoms. The molecule has 0 N–H and O–H groups in total. The molecule has 4 aromatic carbocycles. The van der Waals surface area contributed by atoms with Crippen molar-refractivity contribution < 1.29 is 28.3 Å². The Kier molecular flexibility index (Phi) is 19.3. The van der Waals surface area contributed by atoms with Crippen LogP contribution in [0.4, 0.5) is 0 Å². The smallest absolute Gasteiger partial charge is 0.382 e. The summed E-state index contributed by atoms with van der Waals surface area (Å²) in [6.45, 7) is 11.3. The van der Waals surface area contributed by atoms with E-state index < -0.39 is 12.1 Å². The van der Waals surface area contributed by atoms with Crippen molar-refractivity contribution in [1.29, 1.82) is 0 Å². The first-order chi connectivity index (χ1) is 19.4. The number of halogens is 1. The molecule has 0 radical (unpaired) electrons. The van der Waals surface area contributed by atoms with Crippen molar-refractivity contribution in [1.82, 2.24) is 0 Å². The van der Waals surface area contributed by atoms with Crippen molar-refractivity contribution in [2.24, 2.45) is 0 Å². The third-order valence-corrected chi connectivity index (χ3v) is 19.3. The molecule has 0 spiro atoms. The van der Waals surface area contributed by atoms with Crippen LogP contribution in [0.3, 0.4) is 0 Å². The summed E-state index contributed by atoms with van der Waals surface area (Å²) in [5, 5.41) is 4.27. The Balaban J connectivity index is 0.000000661. The van der Waals surface area contributed by atoms with Crippen LogP contribution < -0.4 is 40.1 Å². The molecule has 214 valence electrons. The van der Waals surface area contributed by atoms with Crippen LogP contribution in [0, 0.1) is 4.86 Å². The first-order valence-electron chi connectivity index (χ1n) is 13.5. The predicted octanol–water partition coefficient (Wildman–Crippen LogP) is 5.02. The predicted molar refractivity (Wildman–Crippen MR) is 186 cm³/mol. The van der Waals surface area contributed by atoms with E-state index in [-0.39, 0.29) is 18.9 Å². The molecular weight excluding hydrogens is 597 g/mol. The minimum atomic E-state index is -2.51. The van der Waals surface area contributed by atoms with Gasteiger partial charge in [-0.25, -0.2) is 0 Å². The number of benzene rings is 4. The zero-order chi connectivity index (χ0) is 29.3. The summed E-state index contributed by atoms with van der Waals surface area (Å²) in [6, 6.07) is 35.9.